The Labute approximate surface area is 156 Å². The standard InChI is InChI=1S/C19H22N2O4S/c1-24-13-8-7-11(9-14(13)25-2)10-16(22)21-19-17(18(20)23)12-5-3-4-6-15(12)26-19/h7-9H,3-6,10H2,1-2H3,(H2,20,23)(H,21,22). The van der Waals surface area contributed by atoms with Crippen LogP contribution in [0.15, 0.2) is 18.2 Å². The molecule has 1 aliphatic rings. The Morgan fingerprint density at radius 3 is 2.58 bits per heavy atom. The maximum absolute atomic E-state index is 12.5. The number of primary amides is 1. The first-order valence-electron chi connectivity index (χ1n) is 8.48. The van der Waals surface area contributed by atoms with Crippen LogP contribution in [0, 0.1) is 0 Å². The molecule has 26 heavy (non-hydrogen) atoms. The van der Waals surface area contributed by atoms with Crippen molar-refractivity contribution in [3.63, 3.8) is 0 Å². The monoisotopic (exact) mass is 374 g/mol. The molecule has 0 radical (unpaired) electrons. The zero-order valence-electron chi connectivity index (χ0n) is 14.9. The number of rotatable bonds is 6. The number of hydrogen-bond donors (Lipinski definition) is 2. The first-order chi connectivity index (χ1) is 12.5. The van der Waals surface area contributed by atoms with Crippen LogP contribution in [-0.4, -0.2) is 26.0 Å². The predicted molar refractivity (Wildman–Crippen MR) is 101 cm³/mol. The van der Waals surface area contributed by atoms with Gasteiger partial charge in [0.25, 0.3) is 5.91 Å². The molecule has 1 aromatic heterocycles. The molecule has 0 unspecified atom stereocenters. The van der Waals surface area contributed by atoms with Crippen molar-refractivity contribution >= 4 is 28.2 Å². The fourth-order valence-electron chi connectivity index (χ4n) is 3.26. The molecule has 7 heteroatoms. The highest BCUT2D eigenvalue weighted by Gasteiger charge is 2.25. The summed E-state index contributed by atoms with van der Waals surface area (Å²) in [6.07, 6.45) is 4.09. The Hall–Kier alpha value is -2.54. The number of ether oxygens (including phenoxy) is 2. The minimum atomic E-state index is -0.481. The second kappa shape index (κ2) is 7.78. The summed E-state index contributed by atoms with van der Waals surface area (Å²) in [6.45, 7) is 0. The summed E-state index contributed by atoms with van der Waals surface area (Å²) in [4.78, 5) is 25.5. The topological polar surface area (TPSA) is 90.6 Å². The first kappa shape index (κ1) is 18.3. The number of hydrogen-bond acceptors (Lipinski definition) is 5. The average molecular weight is 374 g/mol. The molecule has 3 N–H and O–H groups in total. The van der Waals surface area contributed by atoms with Crippen LogP contribution in [-0.2, 0) is 24.1 Å². The number of fused-ring (bicyclic) bond motifs is 1. The summed E-state index contributed by atoms with van der Waals surface area (Å²) in [6, 6.07) is 5.35. The summed E-state index contributed by atoms with van der Waals surface area (Å²) in [5, 5.41) is 3.44. The van der Waals surface area contributed by atoms with Crippen molar-refractivity contribution in [1.29, 1.82) is 0 Å². The van der Waals surface area contributed by atoms with Crippen molar-refractivity contribution in [2.24, 2.45) is 5.73 Å². The van der Waals surface area contributed by atoms with E-state index in [1.54, 1.807) is 26.4 Å². The quantitative estimate of drug-likeness (QED) is 0.813. The van der Waals surface area contributed by atoms with Crippen LogP contribution in [0.1, 0.15) is 39.2 Å². The van der Waals surface area contributed by atoms with Gasteiger partial charge in [-0.05, 0) is 48.9 Å². The van der Waals surface area contributed by atoms with Crippen molar-refractivity contribution in [2.45, 2.75) is 32.1 Å². The molecule has 2 aromatic rings. The summed E-state index contributed by atoms with van der Waals surface area (Å²) < 4.78 is 10.5. The fourth-order valence-corrected chi connectivity index (χ4v) is 4.57. The Morgan fingerprint density at radius 1 is 1.15 bits per heavy atom. The molecule has 3 rings (SSSR count). The zero-order valence-corrected chi connectivity index (χ0v) is 15.7. The fraction of sp³-hybridized carbons (Fsp3) is 0.368. The molecule has 138 valence electrons. The number of nitrogens with one attached hydrogen (secondary N) is 1. The molecule has 0 saturated heterocycles. The highest BCUT2D eigenvalue weighted by atomic mass is 32.1. The van der Waals surface area contributed by atoms with Gasteiger partial charge in [-0.1, -0.05) is 6.07 Å². The third-order valence-electron chi connectivity index (χ3n) is 4.48. The molecule has 0 bridgehead atoms. The summed E-state index contributed by atoms with van der Waals surface area (Å²) in [5.74, 6) is 0.505. The third kappa shape index (κ3) is 3.67. The smallest absolute Gasteiger partial charge is 0.251 e. The van der Waals surface area contributed by atoms with Crippen LogP contribution >= 0.6 is 11.3 Å². The van der Waals surface area contributed by atoms with Crippen LogP contribution in [0.25, 0.3) is 0 Å². The Bertz CT molecular complexity index is 844. The molecular formula is C19H22N2O4S. The van der Waals surface area contributed by atoms with Gasteiger partial charge in [0.15, 0.2) is 11.5 Å². The molecular weight excluding hydrogens is 352 g/mol. The highest BCUT2D eigenvalue weighted by Crippen LogP contribution is 2.38. The minimum absolute atomic E-state index is 0.168. The first-order valence-corrected chi connectivity index (χ1v) is 9.30. The predicted octanol–water partition coefficient (Wildman–Crippen LogP) is 2.92. The number of anilines is 1. The lowest BCUT2D eigenvalue weighted by molar-refractivity contribution is -0.115. The van der Waals surface area contributed by atoms with Gasteiger partial charge < -0.3 is 20.5 Å². The molecule has 0 saturated carbocycles. The van der Waals surface area contributed by atoms with E-state index < -0.39 is 5.91 Å². The molecule has 1 aliphatic carbocycles. The third-order valence-corrected chi connectivity index (χ3v) is 5.69. The molecule has 6 nitrogen and oxygen atoms in total. The highest BCUT2D eigenvalue weighted by molar-refractivity contribution is 7.17. The van der Waals surface area contributed by atoms with Crippen LogP contribution in [0.3, 0.4) is 0 Å². The van der Waals surface area contributed by atoms with Gasteiger partial charge in [-0.25, -0.2) is 0 Å². The average Bonchev–Trinajstić information content (AvgIpc) is 2.99. The Balaban J connectivity index is 1.78. The number of carbonyl (C=O) groups is 2. The second-order valence-electron chi connectivity index (χ2n) is 6.19. The SMILES string of the molecule is COc1ccc(CC(=O)Nc2sc3c(c2C(N)=O)CCCC3)cc1OC. The number of carbonyl (C=O) groups excluding carboxylic acids is 2. The number of nitrogens with two attached hydrogens (primary N) is 1. The van der Waals surface area contributed by atoms with Gasteiger partial charge in [0.2, 0.25) is 5.91 Å². The van der Waals surface area contributed by atoms with Gasteiger partial charge in [0.05, 0.1) is 26.2 Å². The van der Waals surface area contributed by atoms with E-state index in [0.717, 1.165) is 41.7 Å². The lowest BCUT2D eigenvalue weighted by Crippen LogP contribution is -2.19. The number of methoxy groups -OCH3 is 2. The van der Waals surface area contributed by atoms with Gasteiger partial charge in [-0.3, -0.25) is 9.59 Å². The summed E-state index contributed by atoms with van der Waals surface area (Å²) in [7, 11) is 3.12. The van der Waals surface area contributed by atoms with Gasteiger partial charge in [-0.2, -0.15) is 0 Å². The minimum Gasteiger partial charge on any atom is -0.493 e. The molecule has 0 spiro atoms. The Kier molecular flexibility index (Phi) is 5.46. The summed E-state index contributed by atoms with van der Waals surface area (Å²) >= 11 is 1.47. The molecule has 0 fully saturated rings. The molecule has 1 heterocycles. The van der Waals surface area contributed by atoms with Crippen LogP contribution in [0.4, 0.5) is 5.00 Å². The number of benzene rings is 1. The summed E-state index contributed by atoms with van der Waals surface area (Å²) in [5.41, 5.74) is 7.85. The van der Waals surface area contributed by atoms with Gasteiger partial charge in [0.1, 0.15) is 5.00 Å². The van der Waals surface area contributed by atoms with Gasteiger partial charge in [-0.15, -0.1) is 11.3 Å². The van der Waals surface area contributed by atoms with E-state index in [1.165, 1.54) is 11.3 Å². The normalized spacial score (nSPS) is 13.0. The Morgan fingerprint density at radius 2 is 1.88 bits per heavy atom. The number of thiophene rings is 1. The molecule has 2 amide bonds. The lowest BCUT2D eigenvalue weighted by Gasteiger charge is -2.11. The van der Waals surface area contributed by atoms with E-state index >= 15 is 0 Å². The lowest BCUT2D eigenvalue weighted by atomic mass is 9.95. The zero-order chi connectivity index (χ0) is 18.7. The van der Waals surface area contributed by atoms with Crippen LogP contribution in [0.2, 0.25) is 0 Å². The number of aryl methyl sites for hydroxylation is 1. The van der Waals surface area contributed by atoms with Crippen molar-refractivity contribution < 1.29 is 19.1 Å². The van der Waals surface area contributed by atoms with E-state index in [0.29, 0.717) is 22.1 Å². The van der Waals surface area contributed by atoms with Crippen molar-refractivity contribution in [1.82, 2.24) is 0 Å². The van der Waals surface area contributed by atoms with E-state index in [4.69, 9.17) is 15.2 Å². The van der Waals surface area contributed by atoms with Crippen molar-refractivity contribution in [3.8, 4) is 11.5 Å². The van der Waals surface area contributed by atoms with Gasteiger partial charge in [0, 0.05) is 4.88 Å². The maximum Gasteiger partial charge on any atom is 0.251 e. The van der Waals surface area contributed by atoms with Crippen molar-refractivity contribution in [2.75, 3.05) is 19.5 Å². The van der Waals surface area contributed by atoms with E-state index in [9.17, 15) is 9.59 Å². The molecule has 0 aliphatic heterocycles. The largest absolute Gasteiger partial charge is 0.493 e. The van der Waals surface area contributed by atoms with Crippen molar-refractivity contribution in [3.05, 3.63) is 39.8 Å². The van der Waals surface area contributed by atoms with E-state index in [-0.39, 0.29) is 12.3 Å². The second-order valence-corrected chi connectivity index (χ2v) is 7.30. The maximum atomic E-state index is 12.5. The number of amides is 2. The molecule has 0 atom stereocenters. The molecule has 1 aromatic carbocycles. The van der Waals surface area contributed by atoms with Gasteiger partial charge >= 0.3 is 0 Å². The van der Waals surface area contributed by atoms with E-state index in [2.05, 4.69) is 5.32 Å². The van der Waals surface area contributed by atoms with Crippen LogP contribution in [0.5, 0.6) is 11.5 Å². The van der Waals surface area contributed by atoms with Crippen LogP contribution < -0.4 is 20.5 Å². The van der Waals surface area contributed by atoms with E-state index in [1.807, 2.05) is 6.07 Å².